The topological polar surface area (TPSA) is 237 Å². The van der Waals surface area contributed by atoms with E-state index in [0.29, 0.717) is 25.7 Å². The molecule has 0 fully saturated rings. The number of esters is 4. The summed E-state index contributed by atoms with van der Waals surface area (Å²) in [5.74, 6) is 0.853. The lowest BCUT2D eigenvalue weighted by Gasteiger charge is -2.21. The van der Waals surface area contributed by atoms with E-state index in [1.54, 1.807) is 0 Å². The predicted molar refractivity (Wildman–Crippen MR) is 358 cm³/mol. The van der Waals surface area contributed by atoms with Gasteiger partial charge in [-0.05, 0) is 49.4 Å². The third-order valence-electron chi connectivity index (χ3n) is 16.8. The second kappa shape index (κ2) is 59.8. The normalized spacial score (nSPS) is 14.9. The Morgan fingerprint density at radius 1 is 0.315 bits per heavy atom. The number of phosphoric ester groups is 2. The number of unbranched alkanes of at least 4 members (excludes halogenated alkanes) is 31. The quantitative estimate of drug-likeness (QED) is 0.0222. The molecule has 0 saturated heterocycles. The molecule has 0 aromatic carbocycles. The van der Waals surface area contributed by atoms with E-state index in [2.05, 4.69) is 55.4 Å². The van der Waals surface area contributed by atoms with Crippen molar-refractivity contribution < 1.29 is 80.2 Å². The van der Waals surface area contributed by atoms with Crippen molar-refractivity contribution in [2.24, 2.45) is 23.7 Å². The highest BCUT2D eigenvalue weighted by molar-refractivity contribution is 7.47. The predicted octanol–water partition coefficient (Wildman–Crippen LogP) is 19.7. The van der Waals surface area contributed by atoms with Crippen LogP contribution in [0.3, 0.4) is 0 Å². The first-order chi connectivity index (χ1) is 42.7. The molecule has 0 heterocycles. The Hall–Kier alpha value is -1.94. The van der Waals surface area contributed by atoms with Crippen LogP contribution in [0.5, 0.6) is 0 Å². The van der Waals surface area contributed by atoms with Crippen LogP contribution in [0.1, 0.15) is 344 Å². The fourth-order valence-corrected chi connectivity index (χ4v) is 12.0. The molecule has 0 amide bonds. The number of rotatable bonds is 67. The Morgan fingerprint density at radius 3 is 0.798 bits per heavy atom. The highest BCUT2D eigenvalue weighted by Gasteiger charge is 2.30. The molecule has 0 saturated carbocycles. The summed E-state index contributed by atoms with van der Waals surface area (Å²) in [6, 6.07) is 0. The van der Waals surface area contributed by atoms with Crippen LogP contribution in [0.15, 0.2) is 0 Å². The molecule has 0 aromatic heterocycles. The first-order valence-electron chi connectivity index (χ1n) is 36.3. The van der Waals surface area contributed by atoms with Gasteiger partial charge in [-0.2, -0.15) is 0 Å². The van der Waals surface area contributed by atoms with E-state index in [1.807, 2.05) is 0 Å². The molecular formula is C70H136O17P2. The lowest BCUT2D eigenvalue weighted by molar-refractivity contribution is -0.161. The minimum Gasteiger partial charge on any atom is -0.462 e. The zero-order valence-electron chi connectivity index (χ0n) is 58.1. The smallest absolute Gasteiger partial charge is 0.462 e. The molecule has 0 aliphatic heterocycles. The van der Waals surface area contributed by atoms with Gasteiger partial charge in [0.25, 0.3) is 0 Å². The van der Waals surface area contributed by atoms with Gasteiger partial charge in [-0.3, -0.25) is 37.3 Å². The summed E-state index contributed by atoms with van der Waals surface area (Å²) < 4.78 is 68.2. The lowest BCUT2D eigenvalue weighted by Crippen LogP contribution is -2.30. The van der Waals surface area contributed by atoms with E-state index in [-0.39, 0.29) is 25.7 Å². The van der Waals surface area contributed by atoms with E-state index >= 15 is 0 Å². The number of phosphoric acid groups is 2. The molecule has 4 unspecified atom stereocenters. The van der Waals surface area contributed by atoms with Crippen LogP contribution < -0.4 is 0 Å². The van der Waals surface area contributed by atoms with Crippen molar-refractivity contribution in [3.05, 3.63) is 0 Å². The largest absolute Gasteiger partial charge is 0.472 e. The molecule has 0 aliphatic rings. The number of carbonyl (C=O) groups is 4. The van der Waals surface area contributed by atoms with Gasteiger partial charge in [0.1, 0.15) is 19.3 Å². The molecule has 17 nitrogen and oxygen atoms in total. The Morgan fingerprint density at radius 2 is 0.539 bits per heavy atom. The summed E-state index contributed by atoms with van der Waals surface area (Å²) in [5.41, 5.74) is 0. The lowest BCUT2D eigenvalue weighted by atomic mass is 10.00. The average molecular weight is 1310 g/mol. The van der Waals surface area contributed by atoms with Crippen molar-refractivity contribution in [2.75, 3.05) is 39.6 Å². The maximum atomic E-state index is 13.0. The molecule has 19 heteroatoms. The van der Waals surface area contributed by atoms with Crippen molar-refractivity contribution >= 4 is 39.5 Å². The van der Waals surface area contributed by atoms with Crippen molar-refractivity contribution in [3.8, 4) is 0 Å². The SMILES string of the molecule is CCC(C)CCCCCCCCC(=O)OC[C@H](COP(=O)(O)OC[C@H](O)COP(=O)(O)OC[C@@H](COC(=O)CCCCCCCCCCCCCCCCC(C)C)OC(=O)CCCCCCCCCCCC(C)C)OC(=O)CCCCCCCCC(C)CC. The van der Waals surface area contributed by atoms with E-state index in [4.69, 9.17) is 37.0 Å². The fraction of sp³-hybridized carbons (Fsp3) is 0.943. The minimum absolute atomic E-state index is 0.102. The molecule has 0 aromatic rings. The molecular weight excluding hydrogens is 1170 g/mol. The van der Waals surface area contributed by atoms with Gasteiger partial charge in [0.05, 0.1) is 26.4 Å². The molecule has 0 bridgehead atoms. The van der Waals surface area contributed by atoms with Crippen molar-refractivity contribution in [3.63, 3.8) is 0 Å². The number of hydrogen-bond donors (Lipinski definition) is 3. The number of ether oxygens (including phenoxy) is 4. The zero-order chi connectivity index (χ0) is 66.1. The van der Waals surface area contributed by atoms with E-state index in [1.165, 1.54) is 141 Å². The van der Waals surface area contributed by atoms with Crippen LogP contribution >= 0.6 is 15.6 Å². The third-order valence-corrected chi connectivity index (χ3v) is 18.7. The monoisotopic (exact) mass is 1310 g/mol. The van der Waals surface area contributed by atoms with Gasteiger partial charge in [-0.25, -0.2) is 9.13 Å². The summed E-state index contributed by atoms with van der Waals surface area (Å²) in [6.07, 6.45) is 41.8. The maximum Gasteiger partial charge on any atom is 0.472 e. The minimum atomic E-state index is -4.95. The van der Waals surface area contributed by atoms with Gasteiger partial charge in [-0.1, -0.05) is 293 Å². The highest BCUT2D eigenvalue weighted by atomic mass is 31.2. The van der Waals surface area contributed by atoms with Crippen molar-refractivity contribution in [1.82, 2.24) is 0 Å². The summed E-state index contributed by atoms with van der Waals surface area (Å²) in [5, 5.41) is 10.6. The molecule has 0 aliphatic carbocycles. The standard InChI is InChI=1S/C70H136O17P2/c1-9-62(7)48-40-32-26-28-35-43-51-68(73)81-57-66(87-70(75)53-45-37-29-27-33-41-49-63(8)10-2)59-85-89(78,79)83-55-64(71)54-82-88(76,77)84-58-65(86-69(74)52-44-36-25-21-17-19-23-31-39-47-61(5)6)56-80-67(72)50-42-34-24-20-16-14-12-11-13-15-18-22-30-38-46-60(3)4/h60-66,71H,9-59H2,1-8H3,(H,76,77)(H,78,79)/t62?,63?,64-,65-,66-/m1/s1. The van der Waals surface area contributed by atoms with Crippen LogP contribution in [-0.2, 0) is 65.4 Å². The molecule has 89 heavy (non-hydrogen) atoms. The number of hydrogen-bond acceptors (Lipinski definition) is 15. The maximum absolute atomic E-state index is 13.0. The average Bonchev–Trinajstić information content (AvgIpc) is 3.70. The van der Waals surface area contributed by atoms with E-state index < -0.39 is 97.5 Å². The molecule has 7 atom stereocenters. The summed E-state index contributed by atoms with van der Waals surface area (Å²) in [4.78, 5) is 72.5. The molecule has 0 rings (SSSR count). The van der Waals surface area contributed by atoms with E-state index in [9.17, 15) is 43.2 Å². The Kier molecular flexibility index (Phi) is 58.5. The molecule has 3 N–H and O–H groups in total. The summed E-state index contributed by atoms with van der Waals surface area (Å²) in [7, 11) is -9.90. The van der Waals surface area contributed by atoms with Gasteiger partial charge >= 0.3 is 39.5 Å². The highest BCUT2D eigenvalue weighted by Crippen LogP contribution is 2.45. The van der Waals surface area contributed by atoms with Gasteiger partial charge in [0, 0.05) is 25.7 Å². The summed E-state index contributed by atoms with van der Waals surface area (Å²) in [6.45, 7) is 14.1. The first kappa shape index (κ1) is 87.1. The van der Waals surface area contributed by atoms with Gasteiger partial charge < -0.3 is 33.8 Å². The van der Waals surface area contributed by atoms with E-state index in [0.717, 1.165) is 120 Å². The van der Waals surface area contributed by atoms with Gasteiger partial charge in [0.2, 0.25) is 0 Å². The first-order valence-corrected chi connectivity index (χ1v) is 39.3. The number of aliphatic hydroxyl groups is 1. The number of carbonyl (C=O) groups excluding carboxylic acids is 4. The summed E-state index contributed by atoms with van der Waals surface area (Å²) >= 11 is 0. The van der Waals surface area contributed by atoms with Crippen LogP contribution in [0.2, 0.25) is 0 Å². The zero-order valence-corrected chi connectivity index (χ0v) is 59.8. The second-order valence-corrected chi connectivity index (χ2v) is 29.6. The van der Waals surface area contributed by atoms with Gasteiger partial charge in [-0.15, -0.1) is 0 Å². The van der Waals surface area contributed by atoms with Crippen LogP contribution in [-0.4, -0.2) is 96.7 Å². The van der Waals surface area contributed by atoms with Crippen molar-refractivity contribution in [2.45, 2.75) is 363 Å². The molecule has 528 valence electrons. The Bertz CT molecular complexity index is 1770. The fourth-order valence-electron chi connectivity index (χ4n) is 10.4. The van der Waals surface area contributed by atoms with Gasteiger partial charge in [0.15, 0.2) is 12.2 Å². The van der Waals surface area contributed by atoms with Crippen molar-refractivity contribution in [1.29, 1.82) is 0 Å². The Balaban J connectivity index is 5.23. The molecule has 0 radical (unpaired) electrons. The van der Waals surface area contributed by atoms with Crippen LogP contribution in [0.4, 0.5) is 0 Å². The number of aliphatic hydroxyl groups excluding tert-OH is 1. The molecule has 0 spiro atoms. The second-order valence-electron chi connectivity index (χ2n) is 26.7. The van der Waals surface area contributed by atoms with Crippen LogP contribution in [0, 0.1) is 23.7 Å². The Labute approximate surface area is 543 Å². The van der Waals surface area contributed by atoms with Crippen LogP contribution in [0.25, 0.3) is 0 Å². The third kappa shape index (κ3) is 62.0.